The van der Waals surface area contributed by atoms with Crippen molar-refractivity contribution in [2.45, 2.75) is 33.1 Å². The van der Waals surface area contributed by atoms with Crippen LogP contribution < -0.4 is 15.9 Å². The molecule has 0 heterocycles. The molecule has 0 saturated heterocycles. The standard InChI is InChI=1S/C44H35F2P.Os/c1-4-16-34-27-29-42-41(43(34)45)30-28-35(44(42)46)25-26-36(31-37-18-15-17-33(37)5-2)32(3)47(38-19-9-6-10-20-38,39-21-11-7-12-22-39)40-23-13-8-14-24-40;/h4-14,16,19-24,27-31H,15,17-18H2,1-2H3;/q+1;/b16-4+,33-5?,36-32?,37-31?;. The first-order valence-electron chi connectivity index (χ1n) is 16.1. The first-order chi connectivity index (χ1) is 23.5. The summed E-state index contributed by atoms with van der Waals surface area (Å²) in [7, 11) is -2.54. The van der Waals surface area contributed by atoms with Gasteiger partial charge in [0.2, 0.25) is 0 Å². The first-order valence-corrected chi connectivity index (χ1v) is 19.2. The number of fused-ring (bicyclic) bond motifs is 1. The Morgan fingerprint density at radius 3 is 1.77 bits per heavy atom. The number of rotatable bonds is 6. The van der Waals surface area contributed by atoms with Gasteiger partial charge in [-0.1, -0.05) is 6.08 Å². The molecule has 1 aliphatic rings. The van der Waals surface area contributed by atoms with Gasteiger partial charge in [-0.15, -0.1) is 0 Å². The minimum atomic E-state index is -2.54. The summed E-state index contributed by atoms with van der Waals surface area (Å²) in [6, 6.07) is 38.4. The summed E-state index contributed by atoms with van der Waals surface area (Å²) in [5.41, 5.74) is 4.05. The van der Waals surface area contributed by atoms with Crippen LogP contribution in [0, 0.1) is 27.8 Å². The van der Waals surface area contributed by atoms with E-state index in [-0.39, 0.29) is 16.3 Å². The van der Waals surface area contributed by atoms with Gasteiger partial charge in [0, 0.05) is 0 Å². The molecule has 1 fully saturated rings. The van der Waals surface area contributed by atoms with Crippen LogP contribution in [0.1, 0.15) is 44.2 Å². The van der Waals surface area contributed by atoms with E-state index in [9.17, 15) is 0 Å². The zero-order valence-corrected chi connectivity index (χ0v) is 30.4. The van der Waals surface area contributed by atoms with Gasteiger partial charge in [0.15, 0.2) is 0 Å². The van der Waals surface area contributed by atoms with Gasteiger partial charge in [-0.3, -0.25) is 0 Å². The summed E-state index contributed by atoms with van der Waals surface area (Å²) in [6.45, 7) is 3.92. The van der Waals surface area contributed by atoms with Gasteiger partial charge in [-0.2, -0.15) is 0 Å². The molecule has 4 heteroatoms. The van der Waals surface area contributed by atoms with Crippen LogP contribution in [-0.4, -0.2) is 0 Å². The topological polar surface area (TPSA) is 0 Å². The maximum atomic E-state index is 16.1. The van der Waals surface area contributed by atoms with Gasteiger partial charge in [-0.05, 0) is 6.92 Å². The van der Waals surface area contributed by atoms with E-state index in [1.807, 2.05) is 25.1 Å². The van der Waals surface area contributed by atoms with Crippen LogP contribution in [0.3, 0.4) is 0 Å². The van der Waals surface area contributed by atoms with Crippen molar-refractivity contribution in [2.75, 3.05) is 0 Å². The van der Waals surface area contributed by atoms with Crippen LogP contribution in [0.5, 0.6) is 0 Å². The van der Waals surface area contributed by atoms with Crippen LogP contribution in [-0.2, 0) is 17.9 Å². The molecule has 0 spiro atoms. The van der Waals surface area contributed by atoms with E-state index in [4.69, 9.17) is 0 Å². The second kappa shape index (κ2) is 15.2. The van der Waals surface area contributed by atoms with E-state index in [1.54, 1.807) is 54.4 Å². The van der Waals surface area contributed by atoms with Crippen molar-refractivity contribution >= 4 is 40.0 Å². The van der Waals surface area contributed by atoms with Crippen molar-refractivity contribution in [1.82, 2.24) is 0 Å². The maximum absolute atomic E-state index is 16.1. The van der Waals surface area contributed by atoms with Crippen molar-refractivity contribution in [2.24, 2.45) is 0 Å². The summed E-state index contributed by atoms with van der Waals surface area (Å²) in [6.07, 6.45) is 10.9. The van der Waals surface area contributed by atoms with E-state index in [2.05, 4.69) is 108 Å². The predicted molar refractivity (Wildman–Crippen MR) is 197 cm³/mol. The van der Waals surface area contributed by atoms with Crippen molar-refractivity contribution in [1.29, 1.82) is 0 Å². The molecule has 0 radical (unpaired) electrons. The fourth-order valence-corrected chi connectivity index (χ4v) is 12.3. The van der Waals surface area contributed by atoms with Crippen molar-refractivity contribution < 1.29 is 26.7 Å². The number of halogens is 2. The molecule has 5 aromatic carbocycles. The molecule has 0 aromatic heterocycles. The molecule has 0 aliphatic heterocycles. The Bertz CT molecular complexity index is 2100. The molecule has 0 atom stereocenters. The van der Waals surface area contributed by atoms with Gasteiger partial charge in [0.05, 0.1) is 0 Å². The number of hydrogen-bond donors (Lipinski definition) is 0. The van der Waals surface area contributed by atoms with Crippen LogP contribution in [0.15, 0.2) is 156 Å². The van der Waals surface area contributed by atoms with Gasteiger partial charge < -0.3 is 0 Å². The zero-order valence-electron chi connectivity index (χ0n) is 27.0. The Morgan fingerprint density at radius 2 is 1.23 bits per heavy atom. The average molecular weight is 823 g/mol. The molecule has 1 saturated carbocycles. The molecule has 6 rings (SSSR count). The molecule has 0 amide bonds. The monoisotopic (exact) mass is 824 g/mol. The predicted octanol–water partition coefficient (Wildman–Crippen LogP) is 10.3. The molecular weight excluding hydrogens is 788 g/mol. The number of hydrogen-bond acceptors (Lipinski definition) is 0. The van der Waals surface area contributed by atoms with Crippen LogP contribution in [0.25, 0.3) is 16.8 Å². The van der Waals surface area contributed by atoms with Gasteiger partial charge in [0.25, 0.3) is 0 Å². The van der Waals surface area contributed by atoms with Crippen LogP contribution >= 0.6 is 7.26 Å². The fourth-order valence-electron chi connectivity index (χ4n) is 6.59. The SMILES string of the molecule is CC=C1CCCC1=CC(C#Cc1ccc2c(F)c(/C=C/C)ccc2c1F)=C([C]#[Os])[P+](c1ccccc1)(c1ccccc1)c1ccccc1. The molecular formula is C44H35F2OsP+. The Kier molecular flexibility index (Phi) is 10.6. The average Bonchev–Trinajstić information content (AvgIpc) is 3.59. The molecule has 5 aromatic rings. The van der Waals surface area contributed by atoms with E-state index in [0.717, 1.165) is 30.1 Å². The van der Waals surface area contributed by atoms with Crippen LogP contribution in [0.4, 0.5) is 8.78 Å². The van der Waals surface area contributed by atoms with Gasteiger partial charge in [0.1, 0.15) is 0 Å². The fraction of sp³-hybridized carbons (Fsp3) is 0.114. The summed E-state index contributed by atoms with van der Waals surface area (Å²) >= 11 is 1.71. The molecule has 1 aliphatic carbocycles. The van der Waals surface area contributed by atoms with E-state index >= 15 is 8.78 Å². The van der Waals surface area contributed by atoms with E-state index in [1.165, 1.54) is 27.1 Å². The number of benzene rings is 5. The molecule has 237 valence electrons. The van der Waals surface area contributed by atoms with E-state index in [0.29, 0.717) is 5.56 Å². The van der Waals surface area contributed by atoms with Crippen molar-refractivity contribution in [3.05, 3.63) is 178 Å². The summed E-state index contributed by atoms with van der Waals surface area (Å²) in [4.78, 5) is 0. The third-order valence-electron chi connectivity index (χ3n) is 8.85. The molecule has 0 nitrogen and oxygen atoms in total. The Balaban J connectivity index is 1.69. The van der Waals surface area contributed by atoms with Crippen molar-refractivity contribution in [3.63, 3.8) is 0 Å². The van der Waals surface area contributed by atoms with Gasteiger partial charge >= 0.3 is 281 Å². The number of allylic oxidation sites excluding steroid dienone is 7. The molecule has 0 unspecified atom stereocenters. The summed E-state index contributed by atoms with van der Waals surface area (Å²) in [5, 5.41) is 5.05. The van der Waals surface area contributed by atoms with Crippen molar-refractivity contribution in [3.8, 4) is 16.2 Å². The quantitative estimate of drug-likeness (QED) is 0.118. The molecule has 0 N–H and O–H groups in total. The summed E-state index contributed by atoms with van der Waals surface area (Å²) in [5.74, 6) is 5.73. The summed E-state index contributed by atoms with van der Waals surface area (Å²) < 4.78 is 35.1. The molecule has 48 heavy (non-hydrogen) atoms. The second-order valence-corrected chi connectivity index (χ2v) is 15.6. The first kappa shape index (κ1) is 33.5. The Morgan fingerprint density at radius 1 is 0.688 bits per heavy atom. The third-order valence-corrected chi connectivity index (χ3v) is 14.2. The molecule has 0 bridgehead atoms. The van der Waals surface area contributed by atoms with Crippen LogP contribution in [0.2, 0.25) is 0 Å². The normalized spacial score (nSPS) is 15.4. The second-order valence-electron chi connectivity index (χ2n) is 11.6. The third kappa shape index (κ3) is 6.38. The minimum absolute atomic E-state index is 0.221. The van der Waals surface area contributed by atoms with Gasteiger partial charge in [-0.25, -0.2) is 0 Å². The zero-order chi connectivity index (χ0) is 33.5. The Hall–Kier alpha value is -4.41. The van der Waals surface area contributed by atoms with E-state index < -0.39 is 18.9 Å². The Labute approximate surface area is 293 Å².